The Morgan fingerprint density at radius 3 is 2.53 bits per heavy atom. The van der Waals surface area contributed by atoms with Crippen molar-refractivity contribution in [2.24, 2.45) is 11.8 Å². The predicted molar refractivity (Wildman–Crippen MR) is 112 cm³/mol. The Hall–Kier alpha value is -3.48. The van der Waals surface area contributed by atoms with Gasteiger partial charge in [-0.15, -0.1) is 0 Å². The van der Waals surface area contributed by atoms with Crippen molar-refractivity contribution in [3.8, 4) is 5.75 Å². The van der Waals surface area contributed by atoms with Gasteiger partial charge in [0.25, 0.3) is 11.8 Å². The molecule has 2 N–H and O–H groups in total. The molecule has 8 nitrogen and oxygen atoms in total. The summed E-state index contributed by atoms with van der Waals surface area (Å²) < 4.78 is 75.3. The average Bonchev–Trinajstić information content (AvgIpc) is 3.36. The molecule has 2 amide bonds. The first-order valence-corrected chi connectivity index (χ1v) is 11.1. The van der Waals surface area contributed by atoms with Crippen LogP contribution in [0.15, 0.2) is 29.2 Å². The number of carbonyl (C=O) groups excluding carboxylic acids is 2. The van der Waals surface area contributed by atoms with E-state index in [1.165, 1.54) is 10.2 Å². The highest BCUT2D eigenvalue weighted by atomic mass is 19.4. The van der Waals surface area contributed by atoms with E-state index in [-0.39, 0.29) is 31.2 Å². The maximum absolute atomic E-state index is 14.1. The molecule has 3 aliphatic rings. The third-order valence-corrected chi connectivity index (χ3v) is 6.90. The summed E-state index contributed by atoms with van der Waals surface area (Å²) >= 11 is 0. The van der Waals surface area contributed by atoms with Crippen LogP contribution in [0.3, 0.4) is 0 Å². The van der Waals surface area contributed by atoms with E-state index in [1.807, 2.05) is 6.92 Å². The van der Waals surface area contributed by atoms with Crippen molar-refractivity contribution in [1.82, 2.24) is 14.8 Å². The van der Waals surface area contributed by atoms with E-state index in [0.29, 0.717) is 18.1 Å². The average molecular weight is 513 g/mol. The molecule has 2 fully saturated rings. The van der Waals surface area contributed by atoms with Gasteiger partial charge in [-0.3, -0.25) is 14.4 Å². The van der Waals surface area contributed by atoms with Crippen LogP contribution in [-0.4, -0.2) is 51.4 Å². The fourth-order valence-corrected chi connectivity index (χ4v) is 4.85. The molecule has 1 aromatic carbocycles. The molecule has 2 aliphatic heterocycles. The van der Waals surface area contributed by atoms with Crippen molar-refractivity contribution >= 4 is 11.8 Å². The van der Waals surface area contributed by atoms with Crippen molar-refractivity contribution in [2.45, 2.75) is 44.4 Å². The number of amides is 2. The Balaban J connectivity index is 1.46. The Labute approximate surface area is 200 Å². The van der Waals surface area contributed by atoms with Gasteiger partial charge in [-0.1, -0.05) is 13.0 Å². The summed E-state index contributed by atoms with van der Waals surface area (Å²) in [4.78, 5) is 39.8. The van der Waals surface area contributed by atoms with Crippen LogP contribution in [0.5, 0.6) is 5.75 Å². The van der Waals surface area contributed by atoms with Crippen LogP contribution >= 0.6 is 0 Å². The van der Waals surface area contributed by atoms with Crippen LogP contribution in [0, 0.1) is 23.5 Å². The summed E-state index contributed by atoms with van der Waals surface area (Å²) in [5.74, 6) is -5.32. The summed E-state index contributed by atoms with van der Waals surface area (Å²) in [7, 11) is 0. The summed E-state index contributed by atoms with van der Waals surface area (Å²) in [5.41, 5.74) is -3.72. The van der Waals surface area contributed by atoms with Crippen molar-refractivity contribution in [3.05, 3.63) is 63.1 Å². The van der Waals surface area contributed by atoms with E-state index in [9.17, 15) is 41.4 Å². The van der Waals surface area contributed by atoms with Crippen molar-refractivity contribution in [2.75, 3.05) is 6.54 Å². The number of benzene rings is 1. The lowest BCUT2D eigenvalue weighted by molar-refractivity contribution is -0.155. The van der Waals surface area contributed by atoms with Crippen LogP contribution < -0.4 is 10.7 Å². The maximum Gasteiger partial charge on any atom is 0.412 e. The van der Waals surface area contributed by atoms with Gasteiger partial charge in [0.1, 0.15) is 17.2 Å². The number of rotatable bonds is 4. The zero-order valence-corrected chi connectivity index (χ0v) is 18.7. The first-order valence-electron chi connectivity index (χ1n) is 11.1. The number of hydrogen-bond donors (Lipinski definition) is 2. The van der Waals surface area contributed by atoms with Gasteiger partial charge in [0.2, 0.25) is 5.43 Å². The second kappa shape index (κ2) is 8.29. The quantitative estimate of drug-likeness (QED) is 0.613. The SMILES string of the molecule is C[C@H]1CC1C1CN2C(=O)c3c(O)c(=O)c(C(=O)NC(c4ccc(F)cc4F)C(F)(F)F)cn3C[C@H]2O1. The number of alkyl halides is 3. The largest absolute Gasteiger partial charge is 0.503 e. The van der Waals surface area contributed by atoms with E-state index in [4.69, 9.17) is 4.74 Å². The van der Waals surface area contributed by atoms with Crippen LogP contribution in [0.1, 0.15) is 45.8 Å². The molecule has 0 bridgehead atoms. The molecule has 1 saturated heterocycles. The fourth-order valence-electron chi connectivity index (χ4n) is 4.85. The molecular formula is C23H20F5N3O5. The molecule has 1 saturated carbocycles. The number of nitrogens with zero attached hydrogens (tertiary/aromatic N) is 2. The summed E-state index contributed by atoms with van der Waals surface area (Å²) in [6.45, 7) is 2.25. The molecule has 5 rings (SSSR count). The third kappa shape index (κ3) is 4.00. The van der Waals surface area contributed by atoms with Crippen LogP contribution in [0.4, 0.5) is 22.0 Å². The summed E-state index contributed by atoms with van der Waals surface area (Å²) in [5, 5.41) is 12.0. The molecule has 3 unspecified atom stereocenters. The zero-order chi connectivity index (χ0) is 26.1. The monoisotopic (exact) mass is 513 g/mol. The Kier molecular flexibility index (Phi) is 5.58. The van der Waals surface area contributed by atoms with Crippen LogP contribution in [0.2, 0.25) is 0 Å². The number of aromatic hydroxyl groups is 1. The first-order chi connectivity index (χ1) is 16.9. The predicted octanol–water partition coefficient (Wildman–Crippen LogP) is 2.70. The third-order valence-electron chi connectivity index (χ3n) is 6.90. The number of ether oxygens (including phenoxy) is 1. The minimum atomic E-state index is -5.20. The smallest absolute Gasteiger partial charge is 0.412 e. The zero-order valence-electron chi connectivity index (χ0n) is 18.7. The minimum Gasteiger partial charge on any atom is -0.503 e. The number of halogens is 5. The van der Waals surface area contributed by atoms with Crippen molar-refractivity contribution in [3.63, 3.8) is 0 Å². The topological polar surface area (TPSA) is 101 Å². The molecule has 0 radical (unpaired) electrons. The maximum atomic E-state index is 14.1. The highest BCUT2D eigenvalue weighted by Gasteiger charge is 2.50. The first kappa shape index (κ1) is 24.2. The normalized spacial score (nSPS) is 25.8. The van der Waals surface area contributed by atoms with Gasteiger partial charge >= 0.3 is 6.18 Å². The van der Waals surface area contributed by atoms with E-state index in [2.05, 4.69) is 0 Å². The van der Waals surface area contributed by atoms with Gasteiger partial charge in [0.15, 0.2) is 23.7 Å². The standard InChI is InChI=1S/C23H20F5N3O5/c1-9-4-12(9)15-7-31-16(36-15)8-30-6-13(18(32)19(33)17(30)22(31)35)21(34)29-20(23(26,27)28)11-3-2-10(24)5-14(11)25/h2-3,5-6,9,12,15-16,20,33H,4,7-8H2,1H3,(H,29,34)/t9-,12?,15?,16+,20?/m0/s1. The number of pyridine rings is 1. The lowest BCUT2D eigenvalue weighted by Crippen LogP contribution is -2.47. The Bertz CT molecular complexity index is 1330. The van der Waals surface area contributed by atoms with E-state index >= 15 is 0 Å². The number of carbonyl (C=O) groups is 2. The van der Waals surface area contributed by atoms with E-state index in [1.54, 1.807) is 0 Å². The van der Waals surface area contributed by atoms with Gasteiger partial charge in [-0.05, 0) is 24.3 Å². The van der Waals surface area contributed by atoms with Crippen molar-refractivity contribution < 1.29 is 41.4 Å². The van der Waals surface area contributed by atoms with Gasteiger partial charge in [0.05, 0.1) is 19.2 Å². The molecule has 1 aromatic heterocycles. The number of nitrogens with one attached hydrogen (secondary N) is 1. The number of hydrogen-bond acceptors (Lipinski definition) is 5. The molecule has 2 aromatic rings. The minimum absolute atomic E-state index is 0.0674. The van der Waals surface area contributed by atoms with Crippen molar-refractivity contribution in [1.29, 1.82) is 0 Å². The van der Waals surface area contributed by atoms with Crippen LogP contribution in [-0.2, 0) is 11.3 Å². The molecule has 13 heteroatoms. The van der Waals surface area contributed by atoms with Gasteiger partial charge in [-0.25, -0.2) is 8.78 Å². The highest BCUT2D eigenvalue weighted by Crippen LogP contribution is 2.45. The lowest BCUT2D eigenvalue weighted by atomic mass is 10.0. The van der Waals surface area contributed by atoms with Gasteiger partial charge in [0, 0.05) is 17.8 Å². The molecule has 36 heavy (non-hydrogen) atoms. The molecule has 3 heterocycles. The number of aromatic nitrogens is 1. The molecule has 5 atom stereocenters. The molecule has 0 spiro atoms. The number of fused-ring (bicyclic) bond motifs is 2. The van der Waals surface area contributed by atoms with E-state index < -0.39 is 69.9 Å². The summed E-state index contributed by atoms with van der Waals surface area (Å²) in [6, 6.07) is -1.56. The summed E-state index contributed by atoms with van der Waals surface area (Å²) in [6.07, 6.45) is -4.36. The van der Waals surface area contributed by atoms with Gasteiger partial charge in [-0.2, -0.15) is 13.2 Å². The van der Waals surface area contributed by atoms with E-state index in [0.717, 1.165) is 17.2 Å². The Morgan fingerprint density at radius 2 is 1.92 bits per heavy atom. The van der Waals surface area contributed by atoms with Crippen LogP contribution in [0.25, 0.3) is 0 Å². The second-order valence-electron chi connectivity index (χ2n) is 9.30. The fraction of sp³-hybridized carbons (Fsp3) is 0.435. The molecule has 192 valence electrons. The second-order valence-corrected chi connectivity index (χ2v) is 9.30. The Morgan fingerprint density at radius 1 is 1.22 bits per heavy atom. The van der Waals surface area contributed by atoms with Gasteiger partial charge < -0.3 is 24.6 Å². The highest BCUT2D eigenvalue weighted by molar-refractivity contribution is 5.99. The molecular weight excluding hydrogens is 493 g/mol. The lowest BCUT2D eigenvalue weighted by Gasteiger charge is -2.31. The molecule has 1 aliphatic carbocycles.